The van der Waals surface area contributed by atoms with Crippen molar-refractivity contribution in [3.05, 3.63) is 53.3 Å². The highest BCUT2D eigenvalue weighted by atomic mass is 19.4. The Morgan fingerprint density at radius 2 is 1.76 bits per heavy atom. The molecule has 25 heavy (non-hydrogen) atoms. The minimum absolute atomic E-state index is 0.547. The average molecular weight is 352 g/mol. The molecule has 5 heteroatoms. The molecule has 0 aromatic heterocycles. The summed E-state index contributed by atoms with van der Waals surface area (Å²) >= 11 is 0. The smallest absolute Gasteiger partial charge is 0.403 e. The van der Waals surface area contributed by atoms with E-state index in [1.807, 2.05) is 12.1 Å². The van der Waals surface area contributed by atoms with E-state index in [1.165, 1.54) is 30.0 Å². The molecule has 0 saturated heterocycles. The molecule has 1 aliphatic carbocycles. The first-order valence-corrected chi connectivity index (χ1v) is 8.53. The van der Waals surface area contributed by atoms with Crippen LogP contribution < -0.4 is 4.74 Å². The van der Waals surface area contributed by atoms with Crippen molar-refractivity contribution in [1.29, 1.82) is 0 Å². The van der Waals surface area contributed by atoms with Gasteiger partial charge in [0.15, 0.2) is 11.6 Å². The maximum absolute atomic E-state index is 13.9. The van der Waals surface area contributed by atoms with Crippen LogP contribution in [0.15, 0.2) is 36.4 Å². The van der Waals surface area contributed by atoms with Crippen LogP contribution in [0.1, 0.15) is 37.3 Å². The molecular formula is C20H20F4O. The van der Waals surface area contributed by atoms with Gasteiger partial charge < -0.3 is 4.74 Å². The van der Waals surface area contributed by atoms with E-state index in [2.05, 4.69) is 17.7 Å². The third-order valence-electron chi connectivity index (χ3n) is 4.72. The van der Waals surface area contributed by atoms with E-state index in [9.17, 15) is 17.6 Å². The predicted molar refractivity (Wildman–Crippen MR) is 88.9 cm³/mol. The highest BCUT2D eigenvalue weighted by molar-refractivity contribution is 5.66. The van der Waals surface area contributed by atoms with Crippen LogP contribution >= 0.6 is 0 Å². The van der Waals surface area contributed by atoms with E-state index in [0.29, 0.717) is 5.56 Å². The molecule has 0 heterocycles. The highest BCUT2D eigenvalue weighted by Gasteiger charge is 2.32. The Hall–Kier alpha value is -2.04. The van der Waals surface area contributed by atoms with E-state index >= 15 is 0 Å². The van der Waals surface area contributed by atoms with Gasteiger partial charge in [-0.2, -0.15) is 0 Å². The zero-order chi connectivity index (χ0) is 18.0. The fourth-order valence-electron chi connectivity index (χ4n) is 3.55. The number of aryl methyl sites for hydroxylation is 1. The normalized spacial score (nSPS) is 17.2. The molecule has 1 nitrogen and oxygen atoms in total. The van der Waals surface area contributed by atoms with Gasteiger partial charge in [0, 0.05) is 0 Å². The number of fused-ring (bicyclic) bond motifs is 1. The molecule has 0 spiro atoms. The van der Waals surface area contributed by atoms with Crippen molar-refractivity contribution in [2.75, 3.05) is 0 Å². The summed E-state index contributed by atoms with van der Waals surface area (Å²) in [6.07, 6.45) is 0.721. The number of alkyl halides is 3. The molecule has 0 saturated carbocycles. The molecule has 3 rings (SSSR count). The van der Waals surface area contributed by atoms with Crippen LogP contribution in [0.5, 0.6) is 5.75 Å². The minimum Gasteiger partial charge on any atom is -0.403 e. The SMILES string of the molecule is CCCC1CCc2cc(-c3ccc(OC(F)(F)F)c(F)c3)ccc2C1. The minimum atomic E-state index is -4.90. The standard InChI is InChI=1S/C20H20F4O/c1-2-3-13-4-5-15-11-16(7-6-14(15)10-13)17-8-9-19(18(21)12-17)25-20(22,23)24/h6-9,11-13H,2-5,10H2,1H3. The number of rotatable bonds is 4. The van der Waals surface area contributed by atoms with Crippen LogP contribution in [0.2, 0.25) is 0 Å². The molecule has 2 aromatic rings. The third kappa shape index (κ3) is 4.33. The lowest BCUT2D eigenvalue weighted by Crippen LogP contribution is -2.17. The summed E-state index contributed by atoms with van der Waals surface area (Å²) in [6.45, 7) is 2.19. The van der Waals surface area contributed by atoms with E-state index in [1.54, 1.807) is 0 Å². The summed E-state index contributed by atoms with van der Waals surface area (Å²) in [7, 11) is 0. The molecule has 0 aliphatic heterocycles. The van der Waals surface area contributed by atoms with Crippen molar-refractivity contribution >= 4 is 0 Å². The van der Waals surface area contributed by atoms with E-state index in [4.69, 9.17) is 0 Å². The Kier molecular flexibility index (Phi) is 5.02. The molecule has 0 fully saturated rings. The van der Waals surface area contributed by atoms with Crippen molar-refractivity contribution in [2.45, 2.75) is 45.4 Å². The Morgan fingerprint density at radius 3 is 2.44 bits per heavy atom. The number of hydrogen-bond donors (Lipinski definition) is 0. The van der Waals surface area contributed by atoms with Gasteiger partial charge in [0.25, 0.3) is 0 Å². The van der Waals surface area contributed by atoms with Crippen LogP contribution in [0.4, 0.5) is 17.6 Å². The maximum Gasteiger partial charge on any atom is 0.573 e. The van der Waals surface area contributed by atoms with Crippen LogP contribution in [0.3, 0.4) is 0 Å². The molecule has 1 unspecified atom stereocenters. The van der Waals surface area contributed by atoms with Gasteiger partial charge in [0.1, 0.15) is 0 Å². The average Bonchev–Trinajstić information content (AvgIpc) is 2.55. The zero-order valence-electron chi connectivity index (χ0n) is 14.0. The Bertz CT molecular complexity index is 752. The lowest BCUT2D eigenvalue weighted by atomic mass is 9.81. The molecule has 0 bridgehead atoms. The van der Waals surface area contributed by atoms with Gasteiger partial charge in [0.2, 0.25) is 0 Å². The van der Waals surface area contributed by atoms with Gasteiger partial charge in [-0.3, -0.25) is 0 Å². The van der Waals surface area contributed by atoms with Crippen molar-refractivity contribution in [3.8, 4) is 16.9 Å². The number of ether oxygens (including phenoxy) is 1. The first kappa shape index (κ1) is 17.8. The van der Waals surface area contributed by atoms with Crippen molar-refractivity contribution < 1.29 is 22.3 Å². The van der Waals surface area contributed by atoms with Gasteiger partial charge in [-0.15, -0.1) is 13.2 Å². The summed E-state index contributed by atoms with van der Waals surface area (Å²) in [5.74, 6) is -1.10. The largest absolute Gasteiger partial charge is 0.573 e. The molecule has 0 N–H and O–H groups in total. The van der Waals surface area contributed by atoms with Crippen molar-refractivity contribution in [2.24, 2.45) is 5.92 Å². The fourth-order valence-corrected chi connectivity index (χ4v) is 3.55. The van der Waals surface area contributed by atoms with Gasteiger partial charge in [-0.25, -0.2) is 4.39 Å². The summed E-state index contributed by atoms with van der Waals surface area (Å²) in [6, 6.07) is 9.56. The first-order chi connectivity index (χ1) is 11.9. The summed E-state index contributed by atoms with van der Waals surface area (Å²) < 4.78 is 54.3. The van der Waals surface area contributed by atoms with Gasteiger partial charge in [0.05, 0.1) is 0 Å². The lowest BCUT2D eigenvalue weighted by Gasteiger charge is -2.25. The zero-order valence-corrected chi connectivity index (χ0v) is 14.0. The Balaban J connectivity index is 1.82. The fraction of sp³-hybridized carbons (Fsp3) is 0.400. The van der Waals surface area contributed by atoms with Gasteiger partial charge in [-0.1, -0.05) is 44.0 Å². The van der Waals surface area contributed by atoms with Gasteiger partial charge >= 0.3 is 6.36 Å². The molecule has 1 aliphatic rings. The number of benzene rings is 2. The third-order valence-corrected chi connectivity index (χ3v) is 4.72. The summed E-state index contributed by atoms with van der Waals surface area (Å²) in [5.41, 5.74) is 3.93. The molecule has 0 radical (unpaired) electrons. The Labute approximate surface area is 144 Å². The second-order valence-electron chi connectivity index (χ2n) is 6.57. The first-order valence-electron chi connectivity index (χ1n) is 8.53. The van der Waals surface area contributed by atoms with Crippen molar-refractivity contribution in [1.82, 2.24) is 0 Å². The van der Waals surface area contributed by atoms with Crippen molar-refractivity contribution in [3.63, 3.8) is 0 Å². The lowest BCUT2D eigenvalue weighted by molar-refractivity contribution is -0.275. The maximum atomic E-state index is 13.9. The highest BCUT2D eigenvalue weighted by Crippen LogP contribution is 2.33. The van der Waals surface area contributed by atoms with Crippen LogP contribution in [-0.4, -0.2) is 6.36 Å². The van der Waals surface area contributed by atoms with Crippen LogP contribution in [0.25, 0.3) is 11.1 Å². The van der Waals surface area contributed by atoms with E-state index in [0.717, 1.165) is 42.9 Å². The summed E-state index contributed by atoms with van der Waals surface area (Å²) in [5, 5.41) is 0. The predicted octanol–water partition coefficient (Wildman–Crippen LogP) is 6.30. The number of halogens is 4. The van der Waals surface area contributed by atoms with Crippen LogP contribution in [-0.2, 0) is 12.8 Å². The van der Waals surface area contributed by atoms with E-state index < -0.39 is 17.9 Å². The molecular weight excluding hydrogens is 332 g/mol. The second kappa shape index (κ2) is 7.06. The Morgan fingerprint density at radius 1 is 1.04 bits per heavy atom. The van der Waals surface area contributed by atoms with E-state index in [-0.39, 0.29) is 0 Å². The second-order valence-corrected chi connectivity index (χ2v) is 6.57. The molecule has 0 amide bonds. The molecule has 1 atom stereocenters. The van der Waals surface area contributed by atoms with Gasteiger partial charge in [-0.05, 0) is 59.6 Å². The van der Waals surface area contributed by atoms with Crippen LogP contribution in [0, 0.1) is 11.7 Å². The molecule has 134 valence electrons. The molecule has 2 aromatic carbocycles. The number of hydrogen-bond acceptors (Lipinski definition) is 1. The topological polar surface area (TPSA) is 9.23 Å². The monoisotopic (exact) mass is 352 g/mol. The summed E-state index contributed by atoms with van der Waals surface area (Å²) in [4.78, 5) is 0. The quantitative estimate of drug-likeness (QED) is 0.587.